The molecular weight excluding hydrogens is 298 g/mol. The fourth-order valence-electron chi connectivity index (χ4n) is 2.12. The second-order valence-corrected chi connectivity index (χ2v) is 6.19. The molecule has 7 heteroatoms. The van der Waals surface area contributed by atoms with E-state index in [1.165, 1.54) is 4.68 Å². The van der Waals surface area contributed by atoms with Crippen LogP contribution in [0.15, 0.2) is 23.0 Å². The molecule has 0 spiro atoms. The number of hydrogen-bond acceptors (Lipinski definition) is 4. The minimum absolute atomic E-state index is 0.260. The predicted molar refractivity (Wildman–Crippen MR) is 83.7 cm³/mol. The molecule has 0 fully saturated rings. The Balaban J connectivity index is 2.65. The lowest BCUT2D eigenvalue weighted by atomic mass is 10.1. The van der Waals surface area contributed by atoms with E-state index in [4.69, 9.17) is 23.8 Å². The van der Waals surface area contributed by atoms with Crippen LogP contribution in [0.2, 0.25) is 5.02 Å². The number of nitrogens with one attached hydrogen (secondary N) is 1. The quantitative estimate of drug-likeness (QED) is 0.851. The van der Waals surface area contributed by atoms with Crippen molar-refractivity contribution in [2.75, 3.05) is 18.6 Å². The maximum atomic E-state index is 12.5. The third-order valence-electron chi connectivity index (χ3n) is 2.80. The van der Waals surface area contributed by atoms with Crippen molar-refractivity contribution >= 4 is 34.7 Å². The fourth-order valence-corrected chi connectivity index (χ4v) is 2.62. The van der Waals surface area contributed by atoms with E-state index >= 15 is 0 Å². The van der Waals surface area contributed by atoms with Crippen molar-refractivity contribution in [2.24, 2.45) is 0 Å². The highest BCUT2D eigenvalue weighted by Crippen LogP contribution is 2.14. The summed E-state index contributed by atoms with van der Waals surface area (Å²) in [6.07, 6.45) is 0. The molecule has 0 radical (unpaired) electrons. The number of fused-ring (bicyclic) bond motifs is 1. The minimum Gasteiger partial charge on any atom is -0.389 e. The summed E-state index contributed by atoms with van der Waals surface area (Å²) >= 11 is 11.1. The Hall–Kier alpha value is -1.37. The number of likely N-dealkylation sites (N-methyl/N-ethyl adjacent to an activating group) is 1. The zero-order valence-corrected chi connectivity index (χ0v) is 13.0. The summed E-state index contributed by atoms with van der Waals surface area (Å²) in [6, 6.07) is 5.01. The van der Waals surface area contributed by atoms with Crippen LogP contribution in [0.1, 0.15) is 13.8 Å². The molecule has 1 aromatic heterocycles. The largest absolute Gasteiger partial charge is 0.389 e. The minimum atomic E-state index is -0.945. The number of hydrogen-bond donors (Lipinski definition) is 2. The second-order valence-electron chi connectivity index (χ2n) is 5.37. The molecule has 0 aliphatic carbocycles. The Kier molecular flexibility index (Phi) is 3.90. The monoisotopic (exact) mass is 313 g/mol. The number of rotatable bonds is 3. The summed E-state index contributed by atoms with van der Waals surface area (Å²) in [5, 5.41) is 12.4. The number of aromatic amines is 1. The number of nitrogens with zero attached hydrogens (tertiary/aromatic N) is 2. The van der Waals surface area contributed by atoms with Gasteiger partial charge in [-0.05, 0) is 44.3 Å². The van der Waals surface area contributed by atoms with Gasteiger partial charge < -0.3 is 15.1 Å². The molecule has 5 nitrogen and oxygen atoms in total. The average Bonchev–Trinajstić information content (AvgIpc) is 2.28. The van der Waals surface area contributed by atoms with E-state index in [0.29, 0.717) is 15.9 Å². The van der Waals surface area contributed by atoms with Crippen LogP contribution in [0, 0.1) is 4.77 Å². The summed E-state index contributed by atoms with van der Waals surface area (Å²) in [7, 11) is 1.69. The van der Waals surface area contributed by atoms with E-state index in [2.05, 4.69) is 4.98 Å². The standard InChI is InChI=1S/C13H16ClN3O2S/c1-13(2,19)7-16(3)17-11(18)9-6-8(14)4-5-10(9)15-12(17)20/h4-6,19H,7H2,1-3H3,(H,15,20). The molecule has 1 aromatic carbocycles. The van der Waals surface area contributed by atoms with Crippen molar-refractivity contribution in [1.29, 1.82) is 0 Å². The summed E-state index contributed by atoms with van der Waals surface area (Å²) < 4.78 is 1.60. The van der Waals surface area contributed by atoms with Gasteiger partial charge in [0.05, 0.1) is 23.0 Å². The third-order valence-corrected chi connectivity index (χ3v) is 3.31. The van der Waals surface area contributed by atoms with Crippen LogP contribution < -0.4 is 10.6 Å². The van der Waals surface area contributed by atoms with Crippen molar-refractivity contribution in [1.82, 2.24) is 9.66 Å². The van der Waals surface area contributed by atoms with Crippen LogP contribution in [0.3, 0.4) is 0 Å². The zero-order valence-electron chi connectivity index (χ0n) is 11.5. The Bertz CT molecular complexity index is 761. The van der Waals surface area contributed by atoms with Gasteiger partial charge >= 0.3 is 0 Å². The Labute approximate surface area is 126 Å². The van der Waals surface area contributed by atoms with Gasteiger partial charge in [0.15, 0.2) is 4.77 Å². The van der Waals surface area contributed by atoms with E-state index in [1.54, 1.807) is 44.1 Å². The SMILES string of the molecule is CN(CC(C)(C)O)n1c(=S)[nH]c2ccc(Cl)cc2c1=O. The molecule has 0 saturated heterocycles. The first-order chi connectivity index (χ1) is 9.19. The third kappa shape index (κ3) is 3.03. The molecule has 0 amide bonds. The summed E-state index contributed by atoms with van der Waals surface area (Å²) in [5.74, 6) is 0. The second kappa shape index (κ2) is 5.20. The Morgan fingerprint density at radius 2 is 2.15 bits per heavy atom. The normalized spacial score (nSPS) is 11.8. The van der Waals surface area contributed by atoms with Crippen LogP contribution in [-0.2, 0) is 0 Å². The van der Waals surface area contributed by atoms with E-state index in [1.807, 2.05) is 0 Å². The first-order valence-corrected chi connectivity index (χ1v) is 6.86. The number of halogens is 1. The first kappa shape index (κ1) is 15.0. The Morgan fingerprint density at radius 1 is 1.50 bits per heavy atom. The lowest BCUT2D eigenvalue weighted by molar-refractivity contribution is 0.0829. The van der Waals surface area contributed by atoms with Gasteiger partial charge in [0, 0.05) is 12.1 Å². The average molecular weight is 314 g/mol. The van der Waals surface area contributed by atoms with Crippen molar-refractivity contribution in [3.63, 3.8) is 0 Å². The number of benzene rings is 1. The van der Waals surface area contributed by atoms with Crippen LogP contribution in [0.4, 0.5) is 0 Å². The van der Waals surface area contributed by atoms with Crippen LogP contribution in [-0.4, -0.2) is 34.0 Å². The smallest absolute Gasteiger partial charge is 0.281 e. The molecule has 1 heterocycles. The van der Waals surface area contributed by atoms with E-state index in [9.17, 15) is 9.90 Å². The van der Waals surface area contributed by atoms with Crippen molar-refractivity contribution in [3.8, 4) is 0 Å². The zero-order chi connectivity index (χ0) is 15.1. The molecule has 0 saturated carbocycles. The maximum absolute atomic E-state index is 12.5. The maximum Gasteiger partial charge on any atom is 0.281 e. The van der Waals surface area contributed by atoms with Gasteiger partial charge in [-0.25, -0.2) is 0 Å². The highest BCUT2D eigenvalue weighted by atomic mass is 35.5. The van der Waals surface area contributed by atoms with Gasteiger partial charge in [0.1, 0.15) is 0 Å². The molecule has 0 bridgehead atoms. The molecule has 0 unspecified atom stereocenters. The van der Waals surface area contributed by atoms with E-state index < -0.39 is 5.60 Å². The van der Waals surface area contributed by atoms with Gasteiger partial charge in [0.25, 0.3) is 5.56 Å². The molecule has 2 rings (SSSR count). The van der Waals surface area contributed by atoms with Crippen LogP contribution in [0.5, 0.6) is 0 Å². The summed E-state index contributed by atoms with van der Waals surface area (Å²) in [4.78, 5) is 15.5. The fraction of sp³-hybridized carbons (Fsp3) is 0.385. The molecule has 20 heavy (non-hydrogen) atoms. The predicted octanol–water partition coefficient (Wildman–Crippen LogP) is 2.05. The van der Waals surface area contributed by atoms with Crippen LogP contribution in [0.25, 0.3) is 10.9 Å². The molecule has 0 aliphatic heterocycles. The number of H-pyrrole nitrogens is 1. The van der Waals surface area contributed by atoms with Gasteiger partial charge in [-0.1, -0.05) is 11.6 Å². The summed E-state index contributed by atoms with van der Waals surface area (Å²) in [5.41, 5.74) is -0.575. The van der Waals surface area contributed by atoms with Gasteiger partial charge in [0.2, 0.25) is 0 Å². The van der Waals surface area contributed by atoms with Crippen molar-refractivity contribution in [2.45, 2.75) is 19.4 Å². The molecule has 2 N–H and O–H groups in total. The number of aromatic nitrogens is 2. The van der Waals surface area contributed by atoms with Crippen molar-refractivity contribution in [3.05, 3.63) is 38.3 Å². The van der Waals surface area contributed by atoms with Crippen molar-refractivity contribution < 1.29 is 5.11 Å². The lowest BCUT2D eigenvalue weighted by Crippen LogP contribution is -2.47. The molecular formula is C13H16ClN3O2S. The highest BCUT2D eigenvalue weighted by Gasteiger charge is 2.18. The van der Waals surface area contributed by atoms with E-state index in [-0.39, 0.29) is 16.9 Å². The summed E-state index contributed by atoms with van der Waals surface area (Å²) in [6.45, 7) is 3.59. The molecule has 0 aliphatic rings. The van der Waals surface area contributed by atoms with E-state index in [0.717, 1.165) is 0 Å². The van der Waals surface area contributed by atoms with Gasteiger partial charge in [-0.2, -0.15) is 4.68 Å². The molecule has 108 valence electrons. The lowest BCUT2D eigenvalue weighted by Gasteiger charge is -2.28. The van der Waals surface area contributed by atoms with Crippen LogP contribution >= 0.6 is 23.8 Å². The molecule has 2 aromatic rings. The number of aliphatic hydroxyl groups is 1. The topological polar surface area (TPSA) is 61.3 Å². The van der Waals surface area contributed by atoms with Gasteiger partial charge in [-0.15, -0.1) is 0 Å². The Morgan fingerprint density at radius 3 is 2.75 bits per heavy atom. The first-order valence-electron chi connectivity index (χ1n) is 6.07. The van der Waals surface area contributed by atoms with Gasteiger partial charge in [-0.3, -0.25) is 4.79 Å². The highest BCUT2D eigenvalue weighted by molar-refractivity contribution is 7.71. The molecule has 0 atom stereocenters.